The summed E-state index contributed by atoms with van der Waals surface area (Å²) in [5, 5.41) is 2.53. The fourth-order valence-corrected chi connectivity index (χ4v) is 3.76. The van der Waals surface area contributed by atoms with Gasteiger partial charge in [-0.25, -0.2) is 4.39 Å². The van der Waals surface area contributed by atoms with E-state index in [-0.39, 0.29) is 14.2 Å². The Labute approximate surface area is 132 Å². The summed E-state index contributed by atoms with van der Waals surface area (Å²) in [5.41, 5.74) is 0.486. The Morgan fingerprint density at radius 3 is 2.57 bits per heavy atom. The zero-order valence-electron chi connectivity index (χ0n) is 10.6. The largest absolute Gasteiger partial charge is 0.322 e. The third-order valence-corrected chi connectivity index (χ3v) is 5.53. The van der Waals surface area contributed by atoms with Crippen molar-refractivity contribution in [2.45, 2.75) is 11.1 Å². The van der Waals surface area contributed by atoms with E-state index in [2.05, 4.69) is 21.2 Å². The van der Waals surface area contributed by atoms with E-state index in [1.807, 2.05) is 0 Å². The van der Waals surface area contributed by atoms with Gasteiger partial charge in [-0.3, -0.25) is 9.35 Å². The molecule has 0 atom stereocenters. The van der Waals surface area contributed by atoms with E-state index < -0.39 is 21.8 Å². The zero-order valence-corrected chi connectivity index (χ0v) is 13.8. The van der Waals surface area contributed by atoms with Gasteiger partial charge in [0, 0.05) is 10.6 Å². The Hall–Kier alpha value is -1.29. The van der Waals surface area contributed by atoms with Crippen LogP contribution in [0.1, 0.15) is 15.2 Å². The quantitative estimate of drug-likeness (QED) is 0.782. The van der Waals surface area contributed by atoms with Gasteiger partial charge in [-0.15, -0.1) is 11.3 Å². The summed E-state index contributed by atoms with van der Waals surface area (Å²) in [7, 11) is -4.34. The number of rotatable bonds is 3. The summed E-state index contributed by atoms with van der Waals surface area (Å²) in [6.45, 7) is 1.56. The Balaban J connectivity index is 2.28. The predicted octanol–water partition coefficient (Wildman–Crippen LogP) is 3.46. The molecule has 0 spiro atoms. The van der Waals surface area contributed by atoms with Gasteiger partial charge in [-0.2, -0.15) is 8.42 Å². The molecular formula is C12H9BrFNO4S2. The van der Waals surface area contributed by atoms with Gasteiger partial charge in [-0.05, 0) is 47.1 Å². The van der Waals surface area contributed by atoms with Gasteiger partial charge in [0.25, 0.3) is 5.91 Å². The zero-order chi connectivity index (χ0) is 15.8. The molecule has 0 radical (unpaired) electrons. The van der Waals surface area contributed by atoms with Crippen molar-refractivity contribution in [1.82, 2.24) is 0 Å². The highest BCUT2D eigenvalue weighted by Crippen LogP contribution is 2.27. The molecule has 0 fully saturated rings. The van der Waals surface area contributed by atoms with Crippen LogP contribution in [0.2, 0.25) is 0 Å². The second-order valence-electron chi connectivity index (χ2n) is 4.09. The summed E-state index contributed by atoms with van der Waals surface area (Å²) in [4.78, 5) is 12.5. The first kappa shape index (κ1) is 16.1. The van der Waals surface area contributed by atoms with Crippen LogP contribution < -0.4 is 5.32 Å². The van der Waals surface area contributed by atoms with E-state index in [9.17, 15) is 17.6 Å². The van der Waals surface area contributed by atoms with E-state index in [0.29, 0.717) is 10.6 Å². The number of benzene rings is 1. The lowest BCUT2D eigenvalue weighted by Crippen LogP contribution is -2.12. The normalized spacial score (nSPS) is 11.4. The molecule has 0 unspecified atom stereocenters. The molecular weight excluding hydrogens is 385 g/mol. The molecule has 0 bridgehead atoms. The molecule has 0 saturated heterocycles. The Morgan fingerprint density at radius 2 is 2.05 bits per heavy atom. The van der Waals surface area contributed by atoms with Crippen LogP contribution >= 0.6 is 27.3 Å². The summed E-state index contributed by atoms with van der Waals surface area (Å²) >= 11 is 3.80. The first-order chi connectivity index (χ1) is 9.68. The van der Waals surface area contributed by atoms with Crippen molar-refractivity contribution < 1.29 is 22.2 Å². The molecule has 2 aromatic rings. The SMILES string of the molecule is Cc1sc(S(=O)(=O)O)cc1C(=O)Nc1ccc(F)c(Br)c1. The van der Waals surface area contributed by atoms with Crippen LogP contribution in [0.4, 0.5) is 10.1 Å². The standard InChI is InChI=1S/C12H9BrFNO4S2/c1-6-8(5-11(20-6)21(17,18)19)12(16)15-7-2-3-10(14)9(13)4-7/h2-5H,1H3,(H,15,16)(H,17,18,19). The third-order valence-electron chi connectivity index (χ3n) is 2.57. The number of halogens is 2. The molecule has 9 heteroatoms. The molecule has 1 aromatic heterocycles. The monoisotopic (exact) mass is 393 g/mol. The lowest BCUT2D eigenvalue weighted by atomic mass is 10.2. The topological polar surface area (TPSA) is 83.5 Å². The number of anilines is 1. The lowest BCUT2D eigenvalue weighted by molar-refractivity contribution is 0.102. The van der Waals surface area contributed by atoms with Gasteiger partial charge in [0.15, 0.2) is 0 Å². The van der Waals surface area contributed by atoms with Crippen molar-refractivity contribution in [3.8, 4) is 0 Å². The minimum Gasteiger partial charge on any atom is -0.322 e. The Morgan fingerprint density at radius 1 is 1.38 bits per heavy atom. The average Bonchev–Trinajstić information content (AvgIpc) is 2.76. The van der Waals surface area contributed by atoms with Crippen molar-refractivity contribution in [3.05, 3.63) is 45.0 Å². The van der Waals surface area contributed by atoms with Crippen LogP contribution in [0, 0.1) is 12.7 Å². The van der Waals surface area contributed by atoms with Crippen molar-refractivity contribution >= 4 is 49.0 Å². The third kappa shape index (κ3) is 3.67. The smallest absolute Gasteiger partial charge is 0.304 e. The highest BCUT2D eigenvalue weighted by Gasteiger charge is 2.20. The van der Waals surface area contributed by atoms with Crippen molar-refractivity contribution in [2.75, 3.05) is 5.32 Å². The van der Waals surface area contributed by atoms with E-state index in [1.54, 1.807) is 6.92 Å². The van der Waals surface area contributed by atoms with Gasteiger partial charge in [0.2, 0.25) is 0 Å². The van der Waals surface area contributed by atoms with E-state index in [4.69, 9.17) is 4.55 Å². The molecule has 0 saturated carbocycles. The minimum absolute atomic E-state index is 0.132. The Bertz CT molecular complexity index is 817. The minimum atomic E-state index is -4.34. The maximum atomic E-state index is 13.1. The first-order valence-corrected chi connectivity index (χ1v) is 8.58. The van der Waals surface area contributed by atoms with Gasteiger partial charge >= 0.3 is 10.1 Å². The second kappa shape index (κ2) is 5.84. The highest BCUT2D eigenvalue weighted by molar-refractivity contribution is 9.10. The summed E-state index contributed by atoms with van der Waals surface area (Å²) in [5.74, 6) is -1.01. The maximum absolute atomic E-state index is 13.1. The average molecular weight is 394 g/mol. The molecule has 5 nitrogen and oxygen atoms in total. The fraction of sp³-hybridized carbons (Fsp3) is 0.0833. The van der Waals surface area contributed by atoms with E-state index in [1.165, 1.54) is 18.2 Å². The number of thiophene rings is 1. The maximum Gasteiger partial charge on any atom is 0.304 e. The number of hydrogen-bond donors (Lipinski definition) is 2. The summed E-state index contributed by atoms with van der Waals surface area (Å²) in [6.07, 6.45) is 0. The molecule has 2 rings (SSSR count). The number of nitrogens with one attached hydrogen (secondary N) is 1. The van der Waals surface area contributed by atoms with E-state index in [0.717, 1.165) is 17.4 Å². The molecule has 0 aliphatic carbocycles. The van der Waals surface area contributed by atoms with Crippen LogP contribution in [0.5, 0.6) is 0 Å². The number of amides is 1. The van der Waals surface area contributed by atoms with Crippen LogP contribution in [0.3, 0.4) is 0 Å². The van der Waals surface area contributed by atoms with Gasteiger partial charge in [-0.1, -0.05) is 0 Å². The van der Waals surface area contributed by atoms with Crippen molar-refractivity contribution in [3.63, 3.8) is 0 Å². The fourth-order valence-electron chi connectivity index (χ4n) is 1.58. The van der Waals surface area contributed by atoms with Crippen molar-refractivity contribution in [2.24, 2.45) is 0 Å². The number of aryl methyl sites for hydroxylation is 1. The van der Waals surface area contributed by atoms with Crippen LogP contribution in [0.25, 0.3) is 0 Å². The van der Waals surface area contributed by atoms with Gasteiger partial charge in [0.1, 0.15) is 10.0 Å². The van der Waals surface area contributed by atoms with Crippen LogP contribution in [0.15, 0.2) is 32.9 Å². The van der Waals surface area contributed by atoms with Crippen molar-refractivity contribution in [1.29, 1.82) is 0 Å². The van der Waals surface area contributed by atoms with Crippen LogP contribution in [-0.4, -0.2) is 18.9 Å². The summed E-state index contributed by atoms with van der Waals surface area (Å²) < 4.78 is 44.1. The molecule has 1 heterocycles. The summed E-state index contributed by atoms with van der Waals surface area (Å²) in [6, 6.07) is 5.05. The Kier molecular flexibility index (Phi) is 4.47. The van der Waals surface area contributed by atoms with E-state index >= 15 is 0 Å². The molecule has 21 heavy (non-hydrogen) atoms. The molecule has 0 aliphatic rings. The van der Waals surface area contributed by atoms with Gasteiger partial charge < -0.3 is 5.32 Å². The number of carbonyl (C=O) groups excluding carboxylic acids is 1. The van der Waals surface area contributed by atoms with Gasteiger partial charge in [0.05, 0.1) is 10.0 Å². The lowest BCUT2D eigenvalue weighted by Gasteiger charge is -2.05. The first-order valence-electron chi connectivity index (χ1n) is 5.53. The molecule has 0 aliphatic heterocycles. The molecule has 2 N–H and O–H groups in total. The number of hydrogen-bond acceptors (Lipinski definition) is 4. The molecule has 1 aromatic carbocycles. The highest BCUT2D eigenvalue weighted by atomic mass is 79.9. The molecule has 1 amide bonds. The predicted molar refractivity (Wildman–Crippen MR) is 80.9 cm³/mol. The second-order valence-corrected chi connectivity index (χ2v) is 7.85. The molecule has 112 valence electrons. The number of carbonyl (C=O) groups is 1. The van der Waals surface area contributed by atoms with Crippen LogP contribution in [-0.2, 0) is 10.1 Å².